The van der Waals surface area contributed by atoms with Crippen molar-refractivity contribution >= 4 is 29.0 Å². The van der Waals surface area contributed by atoms with Gasteiger partial charge in [0.2, 0.25) is 5.82 Å². The van der Waals surface area contributed by atoms with Crippen molar-refractivity contribution in [3.63, 3.8) is 0 Å². The molecular formula is C30H38ClN5O3. The predicted molar refractivity (Wildman–Crippen MR) is 156 cm³/mol. The van der Waals surface area contributed by atoms with Crippen molar-refractivity contribution in [2.45, 2.75) is 46.1 Å². The van der Waals surface area contributed by atoms with Crippen molar-refractivity contribution in [2.24, 2.45) is 0 Å². The summed E-state index contributed by atoms with van der Waals surface area (Å²) < 4.78 is 12.0. The molecule has 0 saturated carbocycles. The monoisotopic (exact) mass is 551 g/mol. The van der Waals surface area contributed by atoms with Gasteiger partial charge >= 0.3 is 0 Å². The maximum Gasteiger partial charge on any atom is 0.293 e. The highest BCUT2D eigenvalue weighted by Crippen LogP contribution is 2.24. The van der Waals surface area contributed by atoms with Gasteiger partial charge in [-0.05, 0) is 75.0 Å². The second kappa shape index (κ2) is 14.1. The number of amides is 1. The van der Waals surface area contributed by atoms with Crippen LogP contribution in [0.1, 0.15) is 49.4 Å². The molecule has 1 aliphatic heterocycles. The van der Waals surface area contributed by atoms with E-state index in [0.717, 1.165) is 75.0 Å². The van der Waals surface area contributed by atoms with Crippen LogP contribution in [-0.2, 0) is 0 Å². The van der Waals surface area contributed by atoms with E-state index in [2.05, 4.69) is 38.9 Å². The average Bonchev–Trinajstić information content (AvgIpc) is 2.95. The number of nitrogens with zero attached hydrogens (tertiary/aromatic N) is 4. The van der Waals surface area contributed by atoms with Gasteiger partial charge in [0.25, 0.3) is 5.91 Å². The molecule has 0 atom stereocenters. The molecule has 208 valence electrons. The van der Waals surface area contributed by atoms with E-state index in [1.807, 2.05) is 61.5 Å². The molecule has 1 fully saturated rings. The number of halogens is 1. The number of ether oxygens (including phenoxy) is 2. The van der Waals surface area contributed by atoms with Gasteiger partial charge in [0, 0.05) is 54.9 Å². The Morgan fingerprint density at radius 1 is 1.03 bits per heavy atom. The third-order valence-electron chi connectivity index (χ3n) is 6.82. The molecule has 0 radical (unpaired) electrons. The molecule has 9 heteroatoms. The fourth-order valence-electron chi connectivity index (χ4n) is 4.56. The summed E-state index contributed by atoms with van der Waals surface area (Å²) >= 11 is 5.97. The van der Waals surface area contributed by atoms with Crippen molar-refractivity contribution in [3.8, 4) is 11.5 Å². The quantitative estimate of drug-likeness (QED) is 0.283. The number of hydrogen-bond donors (Lipinski definition) is 1. The van der Waals surface area contributed by atoms with E-state index in [1.54, 1.807) is 0 Å². The van der Waals surface area contributed by atoms with Crippen molar-refractivity contribution < 1.29 is 14.3 Å². The van der Waals surface area contributed by atoms with Crippen LogP contribution in [0.15, 0.2) is 54.6 Å². The maximum absolute atomic E-state index is 13.0. The van der Waals surface area contributed by atoms with Crippen molar-refractivity contribution in [2.75, 3.05) is 49.5 Å². The molecule has 8 nitrogen and oxygen atoms in total. The van der Waals surface area contributed by atoms with E-state index in [4.69, 9.17) is 21.1 Å². The number of carbonyl (C=O) groups excluding carboxylic acids is 1. The zero-order valence-electron chi connectivity index (χ0n) is 23.0. The summed E-state index contributed by atoms with van der Waals surface area (Å²) in [5, 5.41) is 3.60. The van der Waals surface area contributed by atoms with Gasteiger partial charge in [-0.1, -0.05) is 25.4 Å². The molecule has 0 aliphatic carbocycles. The topological polar surface area (TPSA) is 79.8 Å². The van der Waals surface area contributed by atoms with Crippen LogP contribution in [0, 0.1) is 6.92 Å². The summed E-state index contributed by atoms with van der Waals surface area (Å²) in [7, 11) is 0. The van der Waals surface area contributed by atoms with E-state index >= 15 is 0 Å². The molecule has 2 aromatic carbocycles. The van der Waals surface area contributed by atoms with Crippen LogP contribution < -0.4 is 19.7 Å². The van der Waals surface area contributed by atoms with Crippen LogP contribution >= 0.6 is 11.6 Å². The van der Waals surface area contributed by atoms with Gasteiger partial charge in [0.15, 0.2) is 0 Å². The first kappa shape index (κ1) is 28.6. The lowest BCUT2D eigenvalue weighted by Gasteiger charge is -2.33. The van der Waals surface area contributed by atoms with Crippen molar-refractivity contribution in [3.05, 3.63) is 71.1 Å². The van der Waals surface area contributed by atoms with Crippen LogP contribution in [0.5, 0.6) is 11.5 Å². The smallest absolute Gasteiger partial charge is 0.293 e. The number of benzene rings is 2. The summed E-state index contributed by atoms with van der Waals surface area (Å²) in [6.45, 7) is 11.6. The zero-order chi connectivity index (χ0) is 27.6. The number of piperidine rings is 1. The minimum atomic E-state index is -0.339. The number of hydrogen-bond acceptors (Lipinski definition) is 7. The zero-order valence-corrected chi connectivity index (χ0v) is 23.8. The van der Waals surface area contributed by atoms with Gasteiger partial charge in [-0.2, -0.15) is 0 Å². The first-order valence-corrected chi connectivity index (χ1v) is 14.1. The Bertz CT molecular complexity index is 1190. The molecule has 1 aromatic heterocycles. The molecule has 39 heavy (non-hydrogen) atoms. The van der Waals surface area contributed by atoms with Crippen LogP contribution in [-0.4, -0.2) is 66.2 Å². The van der Waals surface area contributed by atoms with Crippen LogP contribution in [0.4, 0.5) is 11.5 Å². The summed E-state index contributed by atoms with van der Waals surface area (Å²) in [6, 6.07) is 16.8. The molecule has 2 heterocycles. The summed E-state index contributed by atoms with van der Waals surface area (Å²) in [6.07, 6.45) is 2.82. The SMILES string of the molecule is CCN(CC)CCCOc1ccc(NC(=O)c2nc(C)cc(N3CCC(Oc4ccc(Cl)cc4)CC3)n2)cc1. The Morgan fingerprint density at radius 3 is 2.36 bits per heavy atom. The van der Waals surface area contributed by atoms with E-state index in [1.165, 1.54) is 0 Å². The number of aromatic nitrogens is 2. The second-order valence-electron chi connectivity index (χ2n) is 9.66. The number of carbonyl (C=O) groups is 1. The second-order valence-corrected chi connectivity index (χ2v) is 10.1. The van der Waals surface area contributed by atoms with Crippen LogP contribution in [0.25, 0.3) is 0 Å². The molecule has 1 saturated heterocycles. The molecule has 1 amide bonds. The summed E-state index contributed by atoms with van der Waals surface area (Å²) in [5.74, 6) is 2.18. The number of aryl methyl sites for hydroxylation is 1. The molecule has 1 N–H and O–H groups in total. The number of nitrogens with one attached hydrogen (secondary N) is 1. The third kappa shape index (κ3) is 8.57. The predicted octanol–water partition coefficient (Wildman–Crippen LogP) is 5.85. The lowest BCUT2D eigenvalue weighted by molar-refractivity contribution is 0.101. The summed E-state index contributed by atoms with van der Waals surface area (Å²) in [4.78, 5) is 26.5. The van der Waals surface area contributed by atoms with Gasteiger partial charge < -0.3 is 24.6 Å². The Kier molecular flexibility index (Phi) is 10.4. The molecule has 4 rings (SSSR count). The molecule has 0 bridgehead atoms. The van der Waals surface area contributed by atoms with Gasteiger partial charge in [-0.25, -0.2) is 9.97 Å². The van der Waals surface area contributed by atoms with Crippen LogP contribution in [0.3, 0.4) is 0 Å². The van der Waals surface area contributed by atoms with Crippen molar-refractivity contribution in [1.29, 1.82) is 0 Å². The fraction of sp³-hybridized carbons (Fsp3) is 0.433. The highest BCUT2D eigenvalue weighted by Gasteiger charge is 2.23. The third-order valence-corrected chi connectivity index (χ3v) is 7.07. The Hall–Kier alpha value is -3.36. The van der Waals surface area contributed by atoms with Gasteiger partial charge in [-0.15, -0.1) is 0 Å². The van der Waals surface area contributed by atoms with E-state index in [0.29, 0.717) is 17.3 Å². The van der Waals surface area contributed by atoms with E-state index < -0.39 is 0 Å². The number of rotatable bonds is 12. The molecule has 1 aliphatic rings. The van der Waals surface area contributed by atoms with Crippen LogP contribution in [0.2, 0.25) is 5.02 Å². The van der Waals surface area contributed by atoms with Gasteiger partial charge in [0.05, 0.1) is 6.61 Å². The van der Waals surface area contributed by atoms with Gasteiger partial charge in [0.1, 0.15) is 23.4 Å². The highest BCUT2D eigenvalue weighted by atomic mass is 35.5. The molecule has 0 spiro atoms. The number of anilines is 2. The van der Waals surface area contributed by atoms with E-state index in [9.17, 15) is 4.79 Å². The normalized spacial score (nSPS) is 13.9. The molecular weight excluding hydrogens is 514 g/mol. The maximum atomic E-state index is 13.0. The Balaban J connectivity index is 1.28. The highest BCUT2D eigenvalue weighted by molar-refractivity contribution is 6.30. The largest absolute Gasteiger partial charge is 0.494 e. The summed E-state index contributed by atoms with van der Waals surface area (Å²) in [5.41, 5.74) is 1.42. The first-order chi connectivity index (χ1) is 18.9. The standard InChI is InChI=1S/C30H38ClN5O3/c1-4-35(5-2)17-6-20-38-25-13-9-24(10-14-25)33-30(37)29-32-22(3)21-28(34-29)36-18-15-27(16-19-36)39-26-11-7-23(31)8-12-26/h7-14,21,27H,4-6,15-20H2,1-3H3,(H,33,37). The minimum Gasteiger partial charge on any atom is -0.494 e. The van der Waals surface area contributed by atoms with Gasteiger partial charge in [-0.3, -0.25) is 4.79 Å². The Morgan fingerprint density at radius 2 is 1.69 bits per heavy atom. The fourth-order valence-corrected chi connectivity index (χ4v) is 4.69. The molecule has 3 aromatic rings. The lowest BCUT2D eigenvalue weighted by atomic mass is 10.1. The van der Waals surface area contributed by atoms with Crippen molar-refractivity contribution in [1.82, 2.24) is 14.9 Å². The minimum absolute atomic E-state index is 0.127. The lowest BCUT2D eigenvalue weighted by Crippen LogP contribution is -2.39. The molecule has 0 unspecified atom stereocenters. The average molecular weight is 552 g/mol. The van der Waals surface area contributed by atoms with E-state index in [-0.39, 0.29) is 17.8 Å². The first-order valence-electron chi connectivity index (χ1n) is 13.7. The Labute approximate surface area is 236 Å².